The van der Waals surface area contributed by atoms with Crippen LogP contribution in [-0.2, 0) is 4.79 Å². The van der Waals surface area contributed by atoms with E-state index in [1.54, 1.807) is 7.05 Å². The van der Waals surface area contributed by atoms with Gasteiger partial charge in [0.1, 0.15) is 0 Å². The van der Waals surface area contributed by atoms with Gasteiger partial charge in [-0.1, -0.05) is 23.3 Å². The van der Waals surface area contributed by atoms with E-state index in [1.807, 2.05) is 0 Å². The maximum atomic E-state index is 11.5. The van der Waals surface area contributed by atoms with Gasteiger partial charge in [0.25, 0.3) is 0 Å². The van der Waals surface area contributed by atoms with E-state index in [-0.39, 0.29) is 11.8 Å². The van der Waals surface area contributed by atoms with Gasteiger partial charge in [0, 0.05) is 20.1 Å². The summed E-state index contributed by atoms with van der Waals surface area (Å²) in [5.74, 6) is 0.371. The van der Waals surface area contributed by atoms with Gasteiger partial charge in [0.05, 0.1) is 5.92 Å². The number of amides is 1. The summed E-state index contributed by atoms with van der Waals surface area (Å²) in [5, 5.41) is 2.74. The molecule has 1 aliphatic rings. The molecule has 0 spiro atoms. The Morgan fingerprint density at radius 3 is 2.68 bits per heavy atom. The number of hydrogen-bond acceptors (Lipinski definition) is 2. The van der Waals surface area contributed by atoms with Gasteiger partial charge < -0.3 is 5.32 Å². The van der Waals surface area contributed by atoms with Crippen molar-refractivity contribution in [2.24, 2.45) is 5.92 Å². The largest absolute Gasteiger partial charge is 0.359 e. The van der Waals surface area contributed by atoms with Gasteiger partial charge in [0.2, 0.25) is 5.91 Å². The van der Waals surface area contributed by atoms with Crippen LogP contribution in [0.15, 0.2) is 23.3 Å². The minimum atomic E-state index is 0.185. The predicted octanol–water partition coefficient (Wildman–Crippen LogP) is 2.75. The normalized spacial score (nSPS) is 20.4. The maximum absolute atomic E-state index is 11.5. The molecule has 108 valence electrons. The number of carbonyl (C=O) groups is 1. The fraction of sp³-hybridized carbons (Fsp3) is 0.688. The van der Waals surface area contributed by atoms with Crippen LogP contribution in [0.5, 0.6) is 0 Å². The van der Waals surface area contributed by atoms with Crippen LogP contribution in [-0.4, -0.2) is 37.5 Å². The van der Waals surface area contributed by atoms with E-state index in [4.69, 9.17) is 0 Å². The molecule has 1 aliphatic heterocycles. The van der Waals surface area contributed by atoms with Crippen molar-refractivity contribution >= 4 is 5.91 Å². The Balaban J connectivity index is 2.29. The molecule has 0 aromatic carbocycles. The molecule has 1 rings (SSSR count). The summed E-state index contributed by atoms with van der Waals surface area (Å²) in [6.07, 6.45) is 7.85. The summed E-state index contributed by atoms with van der Waals surface area (Å²) in [7, 11) is 1.72. The van der Waals surface area contributed by atoms with E-state index < -0.39 is 0 Å². The molecule has 1 atom stereocenters. The molecule has 1 saturated heterocycles. The van der Waals surface area contributed by atoms with E-state index in [2.05, 4.69) is 43.1 Å². The van der Waals surface area contributed by atoms with E-state index >= 15 is 0 Å². The first kappa shape index (κ1) is 16.0. The van der Waals surface area contributed by atoms with Crippen LogP contribution in [0.2, 0.25) is 0 Å². The maximum Gasteiger partial charge on any atom is 0.224 e. The Kier molecular flexibility index (Phi) is 6.85. The molecule has 0 bridgehead atoms. The van der Waals surface area contributed by atoms with Gasteiger partial charge in [-0.05, 0) is 46.6 Å². The third-order valence-electron chi connectivity index (χ3n) is 3.68. The van der Waals surface area contributed by atoms with E-state index in [9.17, 15) is 4.79 Å². The van der Waals surface area contributed by atoms with E-state index in [0.717, 1.165) is 38.9 Å². The molecular weight excluding hydrogens is 236 g/mol. The summed E-state index contributed by atoms with van der Waals surface area (Å²) >= 11 is 0. The summed E-state index contributed by atoms with van der Waals surface area (Å²) in [6.45, 7) is 9.40. The second kappa shape index (κ2) is 8.16. The number of carbonyl (C=O) groups excluding carboxylic acids is 1. The Labute approximate surface area is 117 Å². The highest BCUT2D eigenvalue weighted by Crippen LogP contribution is 2.16. The molecular formula is C16H28N2O. The van der Waals surface area contributed by atoms with E-state index in [1.165, 1.54) is 11.1 Å². The molecule has 0 saturated carbocycles. The average molecular weight is 264 g/mol. The van der Waals surface area contributed by atoms with Gasteiger partial charge in [-0.15, -0.1) is 0 Å². The SMILES string of the molecule is CNC(=O)[C@@H]1CCN(C/C=C(\C)CCC=C(C)C)C1. The molecule has 0 aromatic heterocycles. The summed E-state index contributed by atoms with van der Waals surface area (Å²) < 4.78 is 0. The molecule has 0 radical (unpaired) electrons. The highest BCUT2D eigenvalue weighted by atomic mass is 16.1. The zero-order valence-corrected chi connectivity index (χ0v) is 12.8. The van der Waals surface area contributed by atoms with Crippen molar-refractivity contribution in [1.82, 2.24) is 10.2 Å². The summed E-state index contributed by atoms with van der Waals surface area (Å²) in [4.78, 5) is 13.9. The minimum Gasteiger partial charge on any atom is -0.359 e. The Bertz CT molecular complexity index is 354. The van der Waals surface area contributed by atoms with Gasteiger partial charge in [-0.25, -0.2) is 0 Å². The van der Waals surface area contributed by atoms with Crippen molar-refractivity contribution in [3.63, 3.8) is 0 Å². The first-order chi connectivity index (χ1) is 9.02. The summed E-state index contributed by atoms with van der Waals surface area (Å²) in [6, 6.07) is 0. The first-order valence-corrected chi connectivity index (χ1v) is 7.26. The van der Waals surface area contributed by atoms with E-state index in [0.29, 0.717) is 0 Å². The Hall–Kier alpha value is -1.09. The standard InChI is InChI=1S/C16H28N2O/c1-13(2)6-5-7-14(3)8-10-18-11-9-15(12-18)16(19)17-4/h6,8,15H,5,7,9-12H2,1-4H3,(H,17,19)/b14-8+/t15-/m1/s1. The fourth-order valence-corrected chi connectivity index (χ4v) is 2.39. The van der Waals surface area contributed by atoms with Gasteiger partial charge in [0.15, 0.2) is 0 Å². The third-order valence-corrected chi connectivity index (χ3v) is 3.68. The molecule has 3 nitrogen and oxygen atoms in total. The predicted molar refractivity (Wildman–Crippen MR) is 81.0 cm³/mol. The topological polar surface area (TPSA) is 32.3 Å². The second-order valence-corrected chi connectivity index (χ2v) is 5.73. The average Bonchev–Trinajstić information content (AvgIpc) is 2.83. The quantitative estimate of drug-likeness (QED) is 0.748. The molecule has 0 aromatic rings. The zero-order valence-electron chi connectivity index (χ0n) is 12.8. The lowest BCUT2D eigenvalue weighted by Crippen LogP contribution is -2.30. The monoisotopic (exact) mass is 264 g/mol. The van der Waals surface area contributed by atoms with Gasteiger partial charge in [-0.3, -0.25) is 9.69 Å². The lowest BCUT2D eigenvalue weighted by molar-refractivity contribution is -0.124. The van der Waals surface area contributed by atoms with Crippen LogP contribution < -0.4 is 5.32 Å². The molecule has 1 fully saturated rings. The summed E-state index contributed by atoms with van der Waals surface area (Å²) in [5.41, 5.74) is 2.83. The molecule has 1 amide bonds. The molecule has 1 heterocycles. The van der Waals surface area contributed by atoms with Crippen molar-refractivity contribution in [2.75, 3.05) is 26.7 Å². The number of likely N-dealkylation sites (tertiary alicyclic amines) is 1. The highest BCUT2D eigenvalue weighted by Gasteiger charge is 2.26. The number of hydrogen-bond donors (Lipinski definition) is 1. The first-order valence-electron chi connectivity index (χ1n) is 7.26. The number of nitrogens with one attached hydrogen (secondary N) is 1. The molecule has 3 heteroatoms. The van der Waals surface area contributed by atoms with Crippen molar-refractivity contribution in [3.05, 3.63) is 23.3 Å². The third kappa shape index (κ3) is 6.06. The molecule has 19 heavy (non-hydrogen) atoms. The Morgan fingerprint density at radius 1 is 1.32 bits per heavy atom. The fourth-order valence-electron chi connectivity index (χ4n) is 2.39. The van der Waals surface area contributed by atoms with Crippen molar-refractivity contribution < 1.29 is 4.79 Å². The van der Waals surface area contributed by atoms with Crippen LogP contribution in [0.4, 0.5) is 0 Å². The second-order valence-electron chi connectivity index (χ2n) is 5.73. The van der Waals surface area contributed by atoms with Gasteiger partial charge >= 0.3 is 0 Å². The number of nitrogens with zero attached hydrogens (tertiary/aromatic N) is 1. The smallest absolute Gasteiger partial charge is 0.224 e. The van der Waals surface area contributed by atoms with Crippen molar-refractivity contribution in [3.8, 4) is 0 Å². The molecule has 0 unspecified atom stereocenters. The lowest BCUT2D eigenvalue weighted by Gasteiger charge is -2.13. The van der Waals surface area contributed by atoms with Gasteiger partial charge in [-0.2, -0.15) is 0 Å². The van der Waals surface area contributed by atoms with Crippen LogP contribution in [0.3, 0.4) is 0 Å². The molecule has 1 N–H and O–H groups in total. The van der Waals surface area contributed by atoms with Crippen LogP contribution >= 0.6 is 0 Å². The lowest BCUT2D eigenvalue weighted by atomic mass is 10.1. The van der Waals surface area contributed by atoms with Crippen LogP contribution in [0.25, 0.3) is 0 Å². The van der Waals surface area contributed by atoms with Crippen molar-refractivity contribution in [1.29, 1.82) is 0 Å². The minimum absolute atomic E-state index is 0.185. The highest BCUT2D eigenvalue weighted by molar-refractivity contribution is 5.78. The van der Waals surface area contributed by atoms with Crippen LogP contribution in [0, 0.1) is 5.92 Å². The number of rotatable bonds is 6. The number of allylic oxidation sites excluding steroid dienone is 3. The van der Waals surface area contributed by atoms with Crippen molar-refractivity contribution in [2.45, 2.75) is 40.0 Å². The molecule has 0 aliphatic carbocycles. The zero-order chi connectivity index (χ0) is 14.3. The Morgan fingerprint density at radius 2 is 2.05 bits per heavy atom. The van der Waals surface area contributed by atoms with Crippen LogP contribution in [0.1, 0.15) is 40.0 Å².